The Hall–Kier alpha value is -1.72. The Morgan fingerprint density at radius 1 is 0.800 bits per heavy atom. The van der Waals surface area contributed by atoms with Crippen LogP contribution in [-0.4, -0.2) is 16.7 Å². The Kier molecular flexibility index (Phi) is 5.25. The van der Waals surface area contributed by atoms with E-state index in [1.54, 1.807) is 42.5 Å². The number of nitrogens with one attached hydrogen (secondary N) is 1. The molecule has 128 valence electrons. The van der Waals surface area contributed by atoms with E-state index in [-0.39, 0.29) is 17.3 Å². The zero-order chi connectivity index (χ0) is 18.1. The normalized spacial score (nSPS) is 14.5. The predicted octanol–water partition coefficient (Wildman–Crippen LogP) is 5.08. The smallest absolute Gasteiger partial charge is 0.279 e. The average Bonchev–Trinajstić information content (AvgIpc) is 2.74. The molecule has 0 saturated heterocycles. The van der Waals surface area contributed by atoms with Crippen LogP contribution in [0.1, 0.15) is 5.56 Å². The highest BCUT2D eigenvalue weighted by atomic mass is 35.5. The SMILES string of the molecule is O=C1C(Cl)=C(Nc2cc(Cl)cc(Cl)c2)C(=O)N1Cc1ccc(Cl)cc1. The van der Waals surface area contributed by atoms with Crippen LogP contribution in [0.5, 0.6) is 0 Å². The molecule has 0 saturated carbocycles. The first-order valence-electron chi connectivity index (χ1n) is 7.08. The second-order valence-corrected chi connectivity index (χ2v) is 6.98. The van der Waals surface area contributed by atoms with Crippen LogP contribution in [0.2, 0.25) is 15.1 Å². The number of amides is 2. The number of rotatable bonds is 4. The van der Waals surface area contributed by atoms with Crippen molar-refractivity contribution < 1.29 is 9.59 Å². The van der Waals surface area contributed by atoms with Crippen molar-refractivity contribution in [3.05, 3.63) is 73.8 Å². The van der Waals surface area contributed by atoms with Gasteiger partial charge in [0.05, 0.1) is 6.54 Å². The second kappa shape index (κ2) is 7.26. The number of nitrogens with zero attached hydrogens (tertiary/aromatic N) is 1. The van der Waals surface area contributed by atoms with E-state index in [9.17, 15) is 9.59 Å². The van der Waals surface area contributed by atoms with E-state index in [4.69, 9.17) is 46.4 Å². The van der Waals surface area contributed by atoms with Crippen molar-refractivity contribution in [2.45, 2.75) is 6.54 Å². The maximum atomic E-state index is 12.6. The third-order valence-corrected chi connectivity index (χ3v) is 4.54. The molecule has 0 aliphatic carbocycles. The standard InChI is InChI=1S/C17H10Cl4N2O2/c18-10-3-1-9(2-4-10)8-23-16(24)14(21)15(17(23)25)22-13-6-11(19)5-12(20)7-13/h1-7,22H,8H2. The number of imide groups is 1. The summed E-state index contributed by atoms with van der Waals surface area (Å²) < 4.78 is 0. The van der Waals surface area contributed by atoms with Gasteiger partial charge in [-0.3, -0.25) is 14.5 Å². The lowest BCUT2D eigenvalue weighted by atomic mass is 10.2. The minimum Gasteiger partial charge on any atom is -0.350 e. The van der Waals surface area contributed by atoms with Crippen LogP contribution in [0, 0.1) is 0 Å². The van der Waals surface area contributed by atoms with Crippen molar-refractivity contribution in [3.63, 3.8) is 0 Å². The third kappa shape index (κ3) is 3.93. The largest absolute Gasteiger partial charge is 0.350 e. The molecule has 0 spiro atoms. The van der Waals surface area contributed by atoms with E-state index in [1.807, 2.05) is 0 Å². The van der Waals surface area contributed by atoms with Gasteiger partial charge >= 0.3 is 0 Å². The highest BCUT2D eigenvalue weighted by Gasteiger charge is 2.37. The summed E-state index contributed by atoms with van der Waals surface area (Å²) in [6.07, 6.45) is 0. The molecule has 0 fully saturated rings. The average molecular weight is 416 g/mol. The van der Waals surface area contributed by atoms with E-state index in [0.717, 1.165) is 10.5 Å². The quantitative estimate of drug-likeness (QED) is 0.708. The highest BCUT2D eigenvalue weighted by molar-refractivity contribution is 6.48. The van der Waals surface area contributed by atoms with Gasteiger partial charge in [-0.15, -0.1) is 0 Å². The van der Waals surface area contributed by atoms with Crippen molar-refractivity contribution in [1.82, 2.24) is 4.90 Å². The number of benzene rings is 2. The van der Waals surface area contributed by atoms with Crippen LogP contribution >= 0.6 is 46.4 Å². The number of hydrogen-bond donors (Lipinski definition) is 1. The van der Waals surface area contributed by atoms with Crippen LogP contribution in [0.25, 0.3) is 0 Å². The molecular formula is C17H10Cl4N2O2. The second-order valence-electron chi connectivity index (χ2n) is 5.30. The van der Waals surface area contributed by atoms with Gasteiger partial charge in [0.15, 0.2) is 0 Å². The maximum Gasteiger partial charge on any atom is 0.279 e. The molecule has 1 N–H and O–H groups in total. The molecule has 2 amide bonds. The first-order chi connectivity index (χ1) is 11.8. The number of carbonyl (C=O) groups excluding carboxylic acids is 2. The molecule has 0 bridgehead atoms. The summed E-state index contributed by atoms with van der Waals surface area (Å²) in [7, 11) is 0. The molecule has 1 aliphatic rings. The summed E-state index contributed by atoms with van der Waals surface area (Å²) >= 11 is 23.8. The van der Waals surface area contributed by atoms with Crippen LogP contribution < -0.4 is 5.32 Å². The first-order valence-corrected chi connectivity index (χ1v) is 8.60. The first kappa shape index (κ1) is 18.1. The Balaban J connectivity index is 1.82. The van der Waals surface area contributed by atoms with E-state index in [2.05, 4.69) is 5.32 Å². The lowest BCUT2D eigenvalue weighted by Crippen LogP contribution is -2.31. The summed E-state index contributed by atoms with van der Waals surface area (Å²) in [5, 5.41) is 3.99. The zero-order valence-electron chi connectivity index (χ0n) is 12.5. The van der Waals surface area contributed by atoms with Crippen LogP contribution in [-0.2, 0) is 16.1 Å². The number of halogens is 4. The summed E-state index contributed by atoms with van der Waals surface area (Å²) in [6, 6.07) is 11.5. The van der Waals surface area contributed by atoms with Crippen molar-refractivity contribution in [3.8, 4) is 0 Å². The van der Waals surface area contributed by atoms with E-state index in [0.29, 0.717) is 20.8 Å². The minimum absolute atomic E-state index is 0.0148. The molecule has 1 heterocycles. The number of anilines is 1. The van der Waals surface area contributed by atoms with Crippen LogP contribution in [0.4, 0.5) is 5.69 Å². The summed E-state index contributed by atoms with van der Waals surface area (Å²) in [5.41, 5.74) is 1.20. The fraction of sp³-hybridized carbons (Fsp3) is 0.0588. The number of carbonyl (C=O) groups is 2. The van der Waals surface area contributed by atoms with Gasteiger partial charge in [0.2, 0.25) is 0 Å². The fourth-order valence-electron chi connectivity index (χ4n) is 2.34. The molecule has 0 aromatic heterocycles. The van der Waals surface area contributed by atoms with Crippen LogP contribution in [0.15, 0.2) is 53.2 Å². The Labute approximate surface area is 163 Å². The van der Waals surface area contributed by atoms with E-state index in [1.165, 1.54) is 0 Å². The van der Waals surface area contributed by atoms with Gasteiger partial charge in [0.1, 0.15) is 10.7 Å². The Bertz CT molecular complexity index is 874. The molecule has 3 rings (SSSR count). The van der Waals surface area contributed by atoms with Crippen molar-refractivity contribution in [2.24, 2.45) is 0 Å². The van der Waals surface area contributed by atoms with Gasteiger partial charge in [0, 0.05) is 20.8 Å². The number of hydrogen-bond acceptors (Lipinski definition) is 3. The highest BCUT2D eigenvalue weighted by Crippen LogP contribution is 2.29. The lowest BCUT2D eigenvalue weighted by Gasteiger charge is -2.15. The lowest BCUT2D eigenvalue weighted by molar-refractivity contribution is -0.138. The Morgan fingerprint density at radius 3 is 2.00 bits per heavy atom. The monoisotopic (exact) mass is 414 g/mol. The summed E-state index contributed by atoms with van der Waals surface area (Å²) in [4.78, 5) is 26.0. The van der Waals surface area contributed by atoms with Gasteiger partial charge < -0.3 is 5.32 Å². The zero-order valence-corrected chi connectivity index (χ0v) is 15.5. The molecule has 8 heteroatoms. The van der Waals surface area contributed by atoms with Gasteiger partial charge in [0.25, 0.3) is 11.8 Å². The van der Waals surface area contributed by atoms with Crippen molar-refractivity contribution in [2.75, 3.05) is 5.32 Å². The molecule has 0 unspecified atom stereocenters. The van der Waals surface area contributed by atoms with Gasteiger partial charge in [-0.2, -0.15) is 0 Å². The van der Waals surface area contributed by atoms with Crippen molar-refractivity contribution in [1.29, 1.82) is 0 Å². The van der Waals surface area contributed by atoms with E-state index < -0.39 is 11.8 Å². The Morgan fingerprint density at radius 2 is 1.40 bits per heavy atom. The summed E-state index contributed by atoms with van der Waals surface area (Å²) in [6.45, 7) is 0.0898. The maximum absolute atomic E-state index is 12.6. The summed E-state index contributed by atoms with van der Waals surface area (Å²) in [5.74, 6) is -1.10. The molecule has 1 aliphatic heterocycles. The minimum atomic E-state index is -0.572. The van der Waals surface area contributed by atoms with E-state index >= 15 is 0 Å². The molecule has 25 heavy (non-hydrogen) atoms. The van der Waals surface area contributed by atoms with Crippen LogP contribution in [0.3, 0.4) is 0 Å². The molecule has 4 nitrogen and oxygen atoms in total. The molecule has 0 radical (unpaired) electrons. The molecule has 2 aromatic carbocycles. The van der Waals surface area contributed by atoms with Crippen molar-refractivity contribution >= 4 is 63.9 Å². The van der Waals surface area contributed by atoms with Gasteiger partial charge in [-0.25, -0.2) is 0 Å². The topological polar surface area (TPSA) is 49.4 Å². The molecular weight excluding hydrogens is 406 g/mol. The molecule has 2 aromatic rings. The molecule has 0 atom stereocenters. The van der Waals surface area contributed by atoms with Gasteiger partial charge in [-0.05, 0) is 35.9 Å². The van der Waals surface area contributed by atoms with Gasteiger partial charge in [-0.1, -0.05) is 58.5 Å². The predicted molar refractivity (Wildman–Crippen MR) is 100.0 cm³/mol. The third-order valence-electron chi connectivity index (χ3n) is 3.50. The fourth-order valence-corrected chi connectivity index (χ4v) is 3.22.